The summed E-state index contributed by atoms with van der Waals surface area (Å²) in [7, 11) is -3.81. The molecule has 0 saturated carbocycles. The predicted octanol–water partition coefficient (Wildman–Crippen LogP) is 3.50. The molecule has 0 aliphatic carbocycles. The van der Waals surface area contributed by atoms with Crippen molar-refractivity contribution in [2.75, 3.05) is 4.72 Å². The first-order valence-corrected chi connectivity index (χ1v) is 8.40. The molecule has 0 saturated heterocycles. The number of pyridine rings is 1. The van der Waals surface area contributed by atoms with E-state index in [0.29, 0.717) is 15.7 Å². The van der Waals surface area contributed by atoms with Gasteiger partial charge in [-0.15, -0.1) is 0 Å². The summed E-state index contributed by atoms with van der Waals surface area (Å²) in [6.45, 7) is 1.41. The van der Waals surface area contributed by atoms with E-state index in [2.05, 4.69) is 25.6 Å². The number of carbonyl (C=O) groups is 1. The summed E-state index contributed by atoms with van der Waals surface area (Å²) in [4.78, 5) is 15.0. The Morgan fingerprint density at radius 1 is 1.33 bits per heavy atom. The lowest BCUT2D eigenvalue weighted by atomic mass is 10.1. The van der Waals surface area contributed by atoms with Crippen molar-refractivity contribution in [3.05, 3.63) is 51.7 Å². The SMILES string of the molecule is CC(=O)c1cccc(NS(=O)(=O)c2cnc(Cl)c(Br)c2)c1. The number of ketones is 1. The average molecular weight is 390 g/mol. The first kappa shape index (κ1) is 15.9. The summed E-state index contributed by atoms with van der Waals surface area (Å²) in [5, 5.41) is 0.174. The van der Waals surface area contributed by atoms with Crippen molar-refractivity contribution in [3.8, 4) is 0 Å². The van der Waals surface area contributed by atoms with Crippen LogP contribution in [0.4, 0.5) is 5.69 Å². The van der Waals surface area contributed by atoms with Crippen LogP contribution in [0.3, 0.4) is 0 Å². The standard InChI is InChI=1S/C13H10BrClN2O3S/c1-8(18)9-3-2-4-10(5-9)17-21(19,20)11-6-12(14)13(15)16-7-11/h2-7,17H,1H3. The maximum atomic E-state index is 12.2. The van der Waals surface area contributed by atoms with E-state index in [-0.39, 0.29) is 15.8 Å². The van der Waals surface area contributed by atoms with E-state index >= 15 is 0 Å². The number of carbonyl (C=O) groups excluding carboxylic acids is 1. The number of Topliss-reactive ketones (excluding diaryl/α,β-unsaturated/α-hetero) is 1. The lowest BCUT2D eigenvalue weighted by Crippen LogP contribution is -2.13. The van der Waals surface area contributed by atoms with Crippen molar-refractivity contribution in [1.82, 2.24) is 4.98 Å². The van der Waals surface area contributed by atoms with Crippen LogP contribution >= 0.6 is 27.5 Å². The smallest absolute Gasteiger partial charge is 0.263 e. The third kappa shape index (κ3) is 3.81. The third-order valence-corrected chi connectivity index (χ3v) is 5.09. The number of halogens is 2. The molecule has 1 aromatic heterocycles. The molecule has 0 atom stereocenters. The summed E-state index contributed by atoms with van der Waals surface area (Å²) in [5.74, 6) is -0.146. The van der Waals surface area contributed by atoms with Crippen LogP contribution in [0.5, 0.6) is 0 Å². The van der Waals surface area contributed by atoms with Crippen LogP contribution < -0.4 is 4.72 Å². The van der Waals surface area contributed by atoms with Gasteiger partial charge in [0.25, 0.3) is 10.0 Å². The highest BCUT2D eigenvalue weighted by Gasteiger charge is 2.16. The van der Waals surface area contributed by atoms with Crippen molar-refractivity contribution in [2.24, 2.45) is 0 Å². The molecular weight excluding hydrogens is 380 g/mol. The molecule has 2 rings (SSSR count). The maximum Gasteiger partial charge on any atom is 0.263 e. The first-order valence-electron chi connectivity index (χ1n) is 5.74. The van der Waals surface area contributed by atoms with Crippen molar-refractivity contribution < 1.29 is 13.2 Å². The lowest BCUT2D eigenvalue weighted by Gasteiger charge is -2.09. The van der Waals surface area contributed by atoms with Gasteiger partial charge in [-0.2, -0.15) is 0 Å². The van der Waals surface area contributed by atoms with Gasteiger partial charge in [-0.1, -0.05) is 23.7 Å². The molecule has 0 bridgehead atoms. The Labute approximate surface area is 135 Å². The number of aromatic nitrogens is 1. The number of hydrogen-bond acceptors (Lipinski definition) is 4. The minimum atomic E-state index is -3.81. The number of sulfonamides is 1. The van der Waals surface area contributed by atoms with E-state index in [1.807, 2.05) is 0 Å². The van der Waals surface area contributed by atoms with E-state index in [0.717, 1.165) is 6.20 Å². The average Bonchev–Trinajstić information content (AvgIpc) is 2.41. The fraction of sp³-hybridized carbons (Fsp3) is 0.0769. The summed E-state index contributed by atoms with van der Waals surface area (Å²) < 4.78 is 27.3. The highest BCUT2D eigenvalue weighted by atomic mass is 79.9. The molecule has 5 nitrogen and oxygen atoms in total. The van der Waals surface area contributed by atoms with Crippen LogP contribution in [0.1, 0.15) is 17.3 Å². The fourth-order valence-corrected chi connectivity index (χ4v) is 3.19. The molecule has 0 spiro atoms. The van der Waals surface area contributed by atoms with Gasteiger partial charge in [-0.05, 0) is 41.1 Å². The highest BCUT2D eigenvalue weighted by Crippen LogP contribution is 2.24. The molecule has 21 heavy (non-hydrogen) atoms. The number of hydrogen-bond donors (Lipinski definition) is 1. The van der Waals surface area contributed by atoms with E-state index < -0.39 is 10.0 Å². The van der Waals surface area contributed by atoms with Crippen molar-refractivity contribution in [1.29, 1.82) is 0 Å². The second-order valence-corrected chi connectivity index (χ2v) is 7.08. The second-order valence-electron chi connectivity index (χ2n) is 4.19. The minimum Gasteiger partial charge on any atom is -0.295 e. The van der Waals surface area contributed by atoms with Gasteiger partial charge in [0.1, 0.15) is 10.0 Å². The summed E-state index contributed by atoms with van der Waals surface area (Å²) in [6.07, 6.45) is 1.16. The summed E-state index contributed by atoms with van der Waals surface area (Å²) in [5.41, 5.74) is 0.722. The van der Waals surface area contributed by atoms with Gasteiger partial charge in [-0.25, -0.2) is 13.4 Å². The normalized spacial score (nSPS) is 11.2. The van der Waals surface area contributed by atoms with Crippen molar-refractivity contribution >= 4 is 49.0 Å². The van der Waals surface area contributed by atoms with Crippen molar-refractivity contribution in [2.45, 2.75) is 11.8 Å². The zero-order valence-electron chi connectivity index (χ0n) is 10.8. The molecule has 0 radical (unpaired) electrons. The number of rotatable bonds is 4. The van der Waals surface area contributed by atoms with Gasteiger partial charge < -0.3 is 0 Å². The van der Waals surface area contributed by atoms with E-state index in [4.69, 9.17) is 11.6 Å². The summed E-state index contributed by atoms with van der Waals surface area (Å²) in [6, 6.07) is 7.60. The van der Waals surface area contributed by atoms with Gasteiger partial charge in [-0.3, -0.25) is 9.52 Å². The number of benzene rings is 1. The van der Waals surface area contributed by atoms with E-state index in [1.54, 1.807) is 18.2 Å². The van der Waals surface area contributed by atoms with Gasteiger partial charge in [0.2, 0.25) is 0 Å². The first-order chi connectivity index (χ1) is 9.79. The third-order valence-electron chi connectivity index (χ3n) is 2.60. The zero-order valence-corrected chi connectivity index (χ0v) is 14.0. The van der Waals surface area contributed by atoms with Crippen LogP contribution in [0.15, 0.2) is 45.9 Å². The molecule has 8 heteroatoms. The molecule has 1 aromatic carbocycles. The summed E-state index contributed by atoms with van der Waals surface area (Å²) >= 11 is 8.86. The fourth-order valence-electron chi connectivity index (χ4n) is 1.57. The Bertz CT molecular complexity index is 809. The topological polar surface area (TPSA) is 76.1 Å². The molecule has 0 aliphatic heterocycles. The van der Waals surface area contributed by atoms with Crippen LogP contribution in [-0.2, 0) is 10.0 Å². The van der Waals surface area contributed by atoms with Crippen molar-refractivity contribution in [3.63, 3.8) is 0 Å². The zero-order chi connectivity index (χ0) is 15.6. The van der Waals surface area contributed by atoms with Crippen LogP contribution in [0.25, 0.3) is 0 Å². The molecular formula is C13H10BrClN2O3S. The number of anilines is 1. The van der Waals surface area contributed by atoms with Gasteiger partial charge >= 0.3 is 0 Å². The molecule has 110 valence electrons. The molecule has 0 fully saturated rings. The largest absolute Gasteiger partial charge is 0.295 e. The molecule has 0 amide bonds. The minimum absolute atomic E-state index is 0.0352. The van der Waals surface area contributed by atoms with Gasteiger partial charge in [0, 0.05) is 17.4 Å². The Morgan fingerprint density at radius 3 is 2.67 bits per heavy atom. The molecule has 2 aromatic rings. The Balaban J connectivity index is 2.35. The van der Waals surface area contributed by atoms with Gasteiger partial charge in [0.05, 0.1) is 4.47 Å². The maximum absolute atomic E-state index is 12.2. The second kappa shape index (κ2) is 6.13. The molecule has 1 N–H and O–H groups in total. The molecule has 0 unspecified atom stereocenters. The monoisotopic (exact) mass is 388 g/mol. The Morgan fingerprint density at radius 2 is 2.05 bits per heavy atom. The van der Waals surface area contributed by atoms with E-state index in [9.17, 15) is 13.2 Å². The van der Waals surface area contributed by atoms with E-state index in [1.165, 1.54) is 19.1 Å². The Kier molecular flexibility index (Phi) is 4.65. The van der Waals surface area contributed by atoms with Crippen LogP contribution in [-0.4, -0.2) is 19.2 Å². The van der Waals surface area contributed by atoms with Crippen LogP contribution in [0.2, 0.25) is 5.15 Å². The highest BCUT2D eigenvalue weighted by molar-refractivity contribution is 9.10. The molecule has 1 heterocycles. The molecule has 0 aliphatic rings. The quantitative estimate of drug-likeness (QED) is 0.641. The van der Waals surface area contributed by atoms with Gasteiger partial charge in [0.15, 0.2) is 5.78 Å². The number of nitrogens with zero attached hydrogens (tertiary/aromatic N) is 1. The number of nitrogens with one attached hydrogen (secondary N) is 1. The predicted molar refractivity (Wildman–Crippen MR) is 84.2 cm³/mol. The Hall–Kier alpha value is -1.44. The van der Waals surface area contributed by atoms with Crippen LogP contribution in [0, 0.1) is 0 Å². The lowest BCUT2D eigenvalue weighted by molar-refractivity contribution is 0.101.